The van der Waals surface area contributed by atoms with Crippen LogP contribution in [0.1, 0.15) is 30.4 Å². The van der Waals surface area contributed by atoms with Crippen LogP contribution in [-0.4, -0.2) is 12.5 Å². The van der Waals surface area contributed by atoms with Gasteiger partial charge in [-0.05, 0) is 23.3 Å². The Morgan fingerprint density at radius 1 is 1.05 bits per heavy atom. The van der Waals surface area contributed by atoms with Crippen LogP contribution < -0.4 is 5.32 Å². The number of hydrogen-bond acceptors (Lipinski definition) is 1. The average Bonchev–Trinajstić information content (AvgIpc) is 2.51. The maximum atomic E-state index is 11.5. The van der Waals surface area contributed by atoms with Gasteiger partial charge in [0.1, 0.15) is 0 Å². The van der Waals surface area contributed by atoms with Crippen molar-refractivity contribution < 1.29 is 4.79 Å². The van der Waals surface area contributed by atoms with Crippen LogP contribution >= 0.6 is 23.2 Å². The zero-order chi connectivity index (χ0) is 15.2. The minimum absolute atomic E-state index is 0.0380. The summed E-state index contributed by atoms with van der Waals surface area (Å²) in [5, 5.41) is 4.01. The van der Waals surface area contributed by atoms with Crippen LogP contribution in [0.5, 0.6) is 0 Å². The highest BCUT2D eigenvalue weighted by Gasteiger charge is 2.16. The number of halogens is 2. The molecule has 0 saturated heterocycles. The van der Waals surface area contributed by atoms with E-state index in [1.165, 1.54) is 0 Å². The molecule has 0 fully saturated rings. The van der Waals surface area contributed by atoms with E-state index in [9.17, 15) is 4.79 Å². The van der Waals surface area contributed by atoms with E-state index in [-0.39, 0.29) is 11.8 Å². The summed E-state index contributed by atoms with van der Waals surface area (Å²) < 4.78 is 0. The summed E-state index contributed by atoms with van der Waals surface area (Å²) in [4.78, 5) is 11.5. The van der Waals surface area contributed by atoms with Crippen LogP contribution in [0, 0.1) is 0 Å². The minimum atomic E-state index is 0.0380. The highest BCUT2D eigenvalue weighted by molar-refractivity contribution is 6.42. The Bertz CT molecular complexity index is 613. The molecule has 2 aromatic carbocycles. The minimum Gasteiger partial charge on any atom is -0.355 e. The Morgan fingerprint density at radius 3 is 2.38 bits per heavy atom. The van der Waals surface area contributed by atoms with Crippen LogP contribution in [0.25, 0.3) is 0 Å². The largest absolute Gasteiger partial charge is 0.355 e. The molecule has 1 N–H and O–H groups in total. The van der Waals surface area contributed by atoms with Gasteiger partial charge in [0.15, 0.2) is 0 Å². The summed E-state index contributed by atoms with van der Waals surface area (Å²) in [7, 11) is 0. The Balaban J connectivity index is 2.31. The van der Waals surface area contributed by atoms with Gasteiger partial charge in [0.25, 0.3) is 0 Å². The first-order chi connectivity index (χ1) is 10.1. The molecule has 0 radical (unpaired) electrons. The zero-order valence-corrected chi connectivity index (χ0v) is 13.3. The second-order valence-electron chi connectivity index (χ2n) is 4.79. The molecule has 110 valence electrons. The molecular formula is C17H17Cl2NO. The highest BCUT2D eigenvalue weighted by Crippen LogP contribution is 2.30. The molecule has 0 aliphatic heterocycles. The van der Waals surface area contributed by atoms with E-state index in [0.29, 0.717) is 23.0 Å². The summed E-state index contributed by atoms with van der Waals surface area (Å²) in [5.74, 6) is 0.0902. The highest BCUT2D eigenvalue weighted by atomic mass is 35.5. The van der Waals surface area contributed by atoms with Crippen molar-refractivity contribution in [3.05, 3.63) is 69.7 Å². The number of hydrogen-bond donors (Lipinski definition) is 1. The van der Waals surface area contributed by atoms with Gasteiger partial charge in [-0.25, -0.2) is 0 Å². The maximum Gasteiger partial charge on any atom is 0.219 e. The number of benzene rings is 2. The lowest BCUT2D eigenvalue weighted by Crippen LogP contribution is -2.28. The van der Waals surface area contributed by atoms with Gasteiger partial charge in [0.05, 0.1) is 10.0 Å². The Hall–Kier alpha value is -1.51. The predicted octanol–water partition coefficient (Wildman–Crippen LogP) is 4.65. The molecule has 2 nitrogen and oxygen atoms in total. The number of amides is 1. The van der Waals surface area contributed by atoms with Gasteiger partial charge in [0, 0.05) is 18.9 Å². The molecule has 0 spiro atoms. The lowest BCUT2D eigenvalue weighted by atomic mass is 9.91. The van der Waals surface area contributed by atoms with E-state index in [0.717, 1.165) is 11.1 Å². The summed E-state index contributed by atoms with van der Waals surface area (Å²) >= 11 is 12.1. The molecule has 0 saturated carbocycles. The number of nitrogens with one attached hydrogen (secondary N) is 1. The number of rotatable bonds is 5. The summed E-state index contributed by atoms with van der Waals surface area (Å²) in [6, 6.07) is 15.6. The third-order valence-electron chi connectivity index (χ3n) is 3.37. The SMILES string of the molecule is CCC(=O)NCC(c1ccccc1)c1ccc(Cl)c(Cl)c1. The first-order valence-electron chi connectivity index (χ1n) is 6.88. The van der Waals surface area contributed by atoms with E-state index in [4.69, 9.17) is 23.2 Å². The van der Waals surface area contributed by atoms with Gasteiger partial charge < -0.3 is 5.32 Å². The van der Waals surface area contributed by atoms with Gasteiger partial charge in [-0.15, -0.1) is 0 Å². The van der Waals surface area contributed by atoms with Crippen molar-refractivity contribution in [3.63, 3.8) is 0 Å². The van der Waals surface area contributed by atoms with Crippen LogP contribution in [0.3, 0.4) is 0 Å². The predicted molar refractivity (Wildman–Crippen MR) is 88.0 cm³/mol. The van der Waals surface area contributed by atoms with Crippen LogP contribution in [-0.2, 0) is 4.79 Å². The molecule has 2 rings (SSSR count). The maximum absolute atomic E-state index is 11.5. The third kappa shape index (κ3) is 4.23. The Kier molecular flexibility index (Phi) is 5.66. The average molecular weight is 322 g/mol. The van der Waals surface area contributed by atoms with Gasteiger partial charge in [0.2, 0.25) is 5.91 Å². The van der Waals surface area contributed by atoms with Crippen molar-refractivity contribution in [1.29, 1.82) is 0 Å². The summed E-state index contributed by atoms with van der Waals surface area (Å²) in [6.45, 7) is 2.38. The number of carbonyl (C=O) groups excluding carboxylic acids is 1. The van der Waals surface area contributed by atoms with Gasteiger partial charge in [-0.3, -0.25) is 4.79 Å². The standard InChI is InChI=1S/C17H17Cl2NO/c1-2-17(21)20-11-14(12-6-4-3-5-7-12)13-8-9-15(18)16(19)10-13/h3-10,14H,2,11H2,1H3,(H,20,21). The van der Waals surface area contributed by atoms with E-state index in [1.807, 2.05) is 49.4 Å². The normalized spacial score (nSPS) is 12.0. The zero-order valence-electron chi connectivity index (χ0n) is 11.8. The molecule has 1 amide bonds. The van der Waals surface area contributed by atoms with E-state index in [2.05, 4.69) is 5.32 Å². The quantitative estimate of drug-likeness (QED) is 0.853. The first kappa shape index (κ1) is 15.9. The molecule has 1 unspecified atom stereocenters. The fraction of sp³-hybridized carbons (Fsp3) is 0.235. The van der Waals surface area contributed by atoms with E-state index >= 15 is 0 Å². The van der Waals surface area contributed by atoms with Crippen LogP contribution in [0.15, 0.2) is 48.5 Å². The fourth-order valence-corrected chi connectivity index (χ4v) is 2.49. The second kappa shape index (κ2) is 7.48. The lowest BCUT2D eigenvalue weighted by Gasteiger charge is -2.19. The molecule has 21 heavy (non-hydrogen) atoms. The molecule has 2 aromatic rings. The first-order valence-corrected chi connectivity index (χ1v) is 7.64. The second-order valence-corrected chi connectivity index (χ2v) is 5.61. The van der Waals surface area contributed by atoms with Gasteiger partial charge in [-0.2, -0.15) is 0 Å². The van der Waals surface area contributed by atoms with Crippen molar-refractivity contribution in [2.45, 2.75) is 19.3 Å². The molecule has 0 bridgehead atoms. The van der Waals surface area contributed by atoms with E-state index in [1.54, 1.807) is 6.07 Å². The monoisotopic (exact) mass is 321 g/mol. The topological polar surface area (TPSA) is 29.1 Å². The molecule has 0 aliphatic rings. The Morgan fingerprint density at radius 2 is 1.76 bits per heavy atom. The van der Waals surface area contributed by atoms with E-state index < -0.39 is 0 Å². The molecule has 0 heterocycles. The fourth-order valence-electron chi connectivity index (χ4n) is 2.18. The molecule has 0 aromatic heterocycles. The van der Waals surface area contributed by atoms with Crippen molar-refractivity contribution in [2.75, 3.05) is 6.54 Å². The summed E-state index contributed by atoms with van der Waals surface area (Å²) in [5.41, 5.74) is 2.17. The van der Waals surface area contributed by atoms with Crippen molar-refractivity contribution in [1.82, 2.24) is 5.32 Å². The van der Waals surface area contributed by atoms with Crippen molar-refractivity contribution in [3.8, 4) is 0 Å². The van der Waals surface area contributed by atoms with Crippen molar-refractivity contribution >= 4 is 29.1 Å². The molecular weight excluding hydrogens is 305 g/mol. The number of carbonyl (C=O) groups is 1. The van der Waals surface area contributed by atoms with Crippen LogP contribution in [0.2, 0.25) is 10.0 Å². The molecule has 1 atom stereocenters. The summed E-state index contributed by atoms with van der Waals surface area (Å²) in [6.07, 6.45) is 0.475. The third-order valence-corrected chi connectivity index (χ3v) is 4.11. The lowest BCUT2D eigenvalue weighted by molar-refractivity contribution is -0.120. The van der Waals surface area contributed by atoms with Crippen LogP contribution in [0.4, 0.5) is 0 Å². The molecule has 0 aliphatic carbocycles. The molecule has 4 heteroatoms. The van der Waals surface area contributed by atoms with Gasteiger partial charge in [-0.1, -0.05) is 66.5 Å². The van der Waals surface area contributed by atoms with Crippen molar-refractivity contribution in [2.24, 2.45) is 0 Å². The smallest absolute Gasteiger partial charge is 0.219 e. The van der Waals surface area contributed by atoms with Gasteiger partial charge >= 0.3 is 0 Å². The Labute approximate surface area is 135 Å².